The van der Waals surface area contributed by atoms with E-state index in [4.69, 9.17) is 0 Å². The van der Waals surface area contributed by atoms with Gasteiger partial charge in [-0.2, -0.15) is 0 Å². The highest BCUT2D eigenvalue weighted by molar-refractivity contribution is 5.80. The van der Waals surface area contributed by atoms with Gasteiger partial charge in [0, 0.05) is 0 Å². The number of rotatable bonds is 8. The average molecular weight is 371 g/mol. The van der Waals surface area contributed by atoms with Crippen LogP contribution in [-0.2, 0) is 0 Å². The second-order valence-corrected chi connectivity index (χ2v) is 7.43. The summed E-state index contributed by atoms with van der Waals surface area (Å²) in [6.07, 6.45) is 3.85. The van der Waals surface area contributed by atoms with Crippen molar-refractivity contribution in [2.24, 2.45) is 0 Å². The molecule has 2 nitrogen and oxygen atoms in total. The number of para-hydroxylation sites is 2. The van der Waals surface area contributed by atoms with Crippen LogP contribution in [0.4, 0.5) is 11.4 Å². The molecule has 0 radical (unpaired) electrons. The Morgan fingerprint density at radius 3 is 1.93 bits per heavy atom. The first-order chi connectivity index (χ1) is 13.5. The van der Waals surface area contributed by atoms with Crippen LogP contribution in [0.1, 0.15) is 50.7 Å². The molecule has 0 aliphatic carbocycles. The first-order valence-corrected chi connectivity index (χ1v) is 9.98. The van der Waals surface area contributed by atoms with Crippen molar-refractivity contribution in [3.63, 3.8) is 0 Å². The van der Waals surface area contributed by atoms with E-state index >= 15 is 0 Å². The van der Waals surface area contributed by atoms with Gasteiger partial charge in [-0.25, -0.2) is 0 Å². The van der Waals surface area contributed by atoms with Gasteiger partial charge >= 0.3 is 0 Å². The number of benzene rings is 2. The summed E-state index contributed by atoms with van der Waals surface area (Å²) in [5.41, 5.74) is 9.27. The molecule has 3 rings (SSSR count). The maximum Gasteiger partial charge on any atom is 0.111 e. The molecule has 2 aromatic carbocycles. The molecule has 2 aromatic rings. The summed E-state index contributed by atoms with van der Waals surface area (Å²) in [6.45, 7) is 17.1. The monoisotopic (exact) mass is 370 g/mol. The van der Waals surface area contributed by atoms with Crippen LogP contribution in [0, 0.1) is 0 Å². The Morgan fingerprint density at radius 1 is 0.786 bits per heavy atom. The van der Waals surface area contributed by atoms with E-state index < -0.39 is 0 Å². The van der Waals surface area contributed by atoms with Crippen molar-refractivity contribution in [3.8, 4) is 0 Å². The molecule has 0 fully saturated rings. The maximum absolute atomic E-state index is 4.41. The van der Waals surface area contributed by atoms with Crippen LogP contribution < -0.4 is 10.6 Å². The molecule has 1 heterocycles. The Hall–Kier alpha value is -3.00. The summed E-state index contributed by atoms with van der Waals surface area (Å²) in [4.78, 5) is 0. The third kappa shape index (κ3) is 4.28. The van der Waals surface area contributed by atoms with Crippen molar-refractivity contribution in [1.82, 2.24) is 0 Å². The Labute approximate surface area is 169 Å². The normalized spacial score (nSPS) is 12.0. The Balaban J connectivity index is 1.73. The van der Waals surface area contributed by atoms with Crippen LogP contribution in [-0.4, -0.2) is 0 Å². The minimum Gasteiger partial charge on any atom is -0.340 e. The molecule has 144 valence electrons. The fourth-order valence-electron chi connectivity index (χ4n) is 3.63. The standard InChI is InChI=1S/C26H30N2/c1-6-11-23(26-27-24-14-9-10-15-25(24)28-26)20(5)17-16-19(4)22-13-8-7-12-21(22)18(2)3/h7-10,12-15,27-28H,2,4-6,11,16-17H2,1,3H3. The van der Waals surface area contributed by atoms with Gasteiger partial charge in [0.2, 0.25) is 0 Å². The largest absolute Gasteiger partial charge is 0.340 e. The van der Waals surface area contributed by atoms with E-state index in [1.165, 1.54) is 22.3 Å². The summed E-state index contributed by atoms with van der Waals surface area (Å²) in [7, 11) is 0. The van der Waals surface area contributed by atoms with Gasteiger partial charge in [0.15, 0.2) is 0 Å². The van der Waals surface area contributed by atoms with Gasteiger partial charge in [-0.15, -0.1) is 0 Å². The number of hydrogen-bond acceptors (Lipinski definition) is 2. The predicted molar refractivity (Wildman–Crippen MR) is 124 cm³/mol. The van der Waals surface area contributed by atoms with Crippen LogP contribution in [0.3, 0.4) is 0 Å². The zero-order valence-corrected chi connectivity index (χ0v) is 17.1. The molecular formula is C26H30N2. The molecule has 0 amide bonds. The molecule has 1 aliphatic heterocycles. The summed E-state index contributed by atoms with van der Waals surface area (Å²) in [6, 6.07) is 16.7. The molecule has 0 saturated carbocycles. The highest BCUT2D eigenvalue weighted by atomic mass is 15.2. The lowest BCUT2D eigenvalue weighted by Gasteiger charge is -2.16. The lowest BCUT2D eigenvalue weighted by molar-refractivity contribution is 0.872. The quantitative estimate of drug-likeness (QED) is 0.499. The van der Waals surface area contributed by atoms with E-state index in [2.05, 4.69) is 73.7 Å². The van der Waals surface area contributed by atoms with Gasteiger partial charge in [0.05, 0.1) is 11.4 Å². The lowest BCUT2D eigenvalue weighted by atomic mass is 9.91. The molecule has 2 heteroatoms. The number of allylic oxidation sites excluding steroid dienone is 4. The predicted octanol–water partition coefficient (Wildman–Crippen LogP) is 7.62. The number of nitrogens with one attached hydrogen (secondary N) is 2. The Morgan fingerprint density at radius 2 is 1.36 bits per heavy atom. The first kappa shape index (κ1) is 19.8. The van der Waals surface area contributed by atoms with E-state index in [0.717, 1.165) is 54.0 Å². The first-order valence-electron chi connectivity index (χ1n) is 9.98. The van der Waals surface area contributed by atoms with Crippen molar-refractivity contribution in [2.45, 2.75) is 39.5 Å². The van der Waals surface area contributed by atoms with Crippen molar-refractivity contribution in [2.75, 3.05) is 10.6 Å². The summed E-state index contributed by atoms with van der Waals surface area (Å²) in [5, 5.41) is 7.03. The van der Waals surface area contributed by atoms with Gasteiger partial charge in [-0.3, -0.25) is 0 Å². The summed E-state index contributed by atoms with van der Waals surface area (Å²) in [5.74, 6) is 1.07. The van der Waals surface area contributed by atoms with Crippen molar-refractivity contribution < 1.29 is 0 Å². The molecule has 0 saturated heterocycles. The van der Waals surface area contributed by atoms with E-state index in [9.17, 15) is 0 Å². The fraction of sp³-hybridized carbons (Fsp3) is 0.231. The molecule has 0 spiro atoms. The van der Waals surface area contributed by atoms with Crippen LogP contribution in [0.15, 0.2) is 85.2 Å². The molecule has 0 unspecified atom stereocenters. The highest BCUT2D eigenvalue weighted by Gasteiger charge is 2.18. The minimum absolute atomic E-state index is 0.885. The molecule has 0 atom stereocenters. The summed E-state index contributed by atoms with van der Waals surface area (Å²) >= 11 is 0. The third-order valence-corrected chi connectivity index (χ3v) is 5.17. The summed E-state index contributed by atoms with van der Waals surface area (Å²) < 4.78 is 0. The topological polar surface area (TPSA) is 24.1 Å². The number of hydrogen-bond donors (Lipinski definition) is 2. The average Bonchev–Trinajstić information content (AvgIpc) is 3.13. The van der Waals surface area contributed by atoms with Crippen LogP contribution in [0.25, 0.3) is 11.1 Å². The molecule has 0 aromatic heterocycles. The Bertz CT molecular complexity index is 919. The lowest BCUT2D eigenvalue weighted by Crippen LogP contribution is -2.07. The fourth-order valence-corrected chi connectivity index (χ4v) is 3.63. The van der Waals surface area contributed by atoms with E-state index in [-0.39, 0.29) is 0 Å². The SMILES string of the molecule is C=C(CCC(=C)c1ccccc1C(=C)C)C(CCC)=C1Nc2ccccc2N1. The molecule has 2 N–H and O–H groups in total. The third-order valence-electron chi connectivity index (χ3n) is 5.17. The van der Waals surface area contributed by atoms with Gasteiger partial charge < -0.3 is 10.6 Å². The van der Waals surface area contributed by atoms with Crippen molar-refractivity contribution >= 4 is 22.5 Å². The molecule has 1 aliphatic rings. The van der Waals surface area contributed by atoms with Crippen LogP contribution in [0.5, 0.6) is 0 Å². The Kier molecular flexibility index (Phi) is 6.20. The number of anilines is 2. The van der Waals surface area contributed by atoms with E-state index in [1.54, 1.807) is 0 Å². The molecule has 0 bridgehead atoms. The molecule has 28 heavy (non-hydrogen) atoms. The van der Waals surface area contributed by atoms with E-state index in [0.29, 0.717) is 0 Å². The zero-order chi connectivity index (χ0) is 20.1. The smallest absolute Gasteiger partial charge is 0.111 e. The van der Waals surface area contributed by atoms with Crippen LogP contribution >= 0.6 is 0 Å². The maximum atomic E-state index is 4.41. The second-order valence-electron chi connectivity index (χ2n) is 7.43. The number of fused-ring (bicyclic) bond motifs is 1. The zero-order valence-electron chi connectivity index (χ0n) is 17.1. The van der Waals surface area contributed by atoms with Gasteiger partial charge in [-0.05, 0) is 66.2 Å². The highest BCUT2D eigenvalue weighted by Crippen LogP contribution is 2.35. The second kappa shape index (κ2) is 8.79. The van der Waals surface area contributed by atoms with E-state index in [1.807, 2.05) is 19.1 Å². The van der Waals surface area contributed by atoms with Gasteiger partial charge in [0.1, 0.15) is 5.82 Å². The molecular weight excluding hydrogens is 340 g/mol. The van der Waals surface area contributed by atoms with Gasteiger partial charge in [-0.1, -0.05) is 75.1 Å². The van der Waals surface area contributed by atoms with Crippen molar-refractivity contribution in [1.29, 1.82) is 0 Å². The van der Waals surface area contributed by atoms with Crippen LogP contribution in [0.2, 0.25) is 0 Å². The minimum atomic E-state index is 0.885. The van der Waals surface area contributed by atoms with Gasteiger partial charge in [0.25, 0.3) is 0 Å². The van der Waals surface area contributed by atoms with Crippen molar-refractivity contribution in [3.05, 3.63) is 96.4 Å².